The van der Waals surface area contributed by atoms with Gasteiger partial charge in [0, 0.05) is 19.6 Å². The van der Waals surface area contributed by atoms with Crippen LogP contribution in [0.3, 0.4) is 0 Å². The summed E-state index contributed by atoms with van der Waals surface area (Å²) in [5.74, 6) is -0.185. The van der Waals surface area contributed by atoms with Gasteiger partial charge in [0.2, 0.25) is 0 Å². The third kappa shape index (κ3) is 6.69. The summed E-state index contributed by atoms with van der Waals surface area (Å²) in [6.07, 6.45) is 11.8. The molecule has 134 valence electrons. The summed E-state index contributed by atoms with van der Waals surface area (Å²) in [6, 6.07) is 5.63. The number of esters is 1. The van der Waals surface area contributed by atoms with Crippen molar-refractivity contribution in [2.45, 2.75) is 26.3 Å². The molecule has 0 saturated heterocycles. The Kier molecular flexibility index (Phi) is 8.26. The van der Waals surface area contributed by atoms with Crippen molar-refractivity contribution in [2.24, 2.45) is 0 Å². The fourth-order valence-corrected chi connectivity index (χ4v) is 2.98. The molecule has 0 saturated carbocycles. The number of nitrogens with zero attached hydrogens (tertiary/aromatic N) is 1. The summed E-state index contributed by atoms with van der Waals surface area (Å²) in [5.41, 5.74) is 2.14. The van der Waals surface area contributed by atoms with Gasteiger partial charge in [0.05, 0.1) is 23.1 Å². The van der Waals surface area contributed by atoms with E-state index in [1.54, 1.807) is 6.07 Å². The number of carbonyl (C=O) groups is 1. The van der Waals surface area contributed by atoms with Crippen LogP contribution in [0, 0.1) is 0 Å². The highest BCUT2D eigenvalue weighted by Crippen LogP contribution is 2.27. The first kappa shape index (κ1) is 19.8. The number of halogens is 2. The zero-order valence-corrected chi connectivity index (χ0v) is 15.9. The lowest BCUT2D eigenvalue weighted by Crippen LogP contribution is -2.28. The maximum Gasteiger partial charge on any atom is 0.307 e. The van der Waals surface area contributed by atoms with E-state index in [9.17, 15) is 4.79 Å². The Bertz CT molecular complexity index is 680. The van der Waals surface area contributed by atoms with E-state index in [1.165, 1.54) is 5.57 Å². The minimum Gasteiger partial charge on any atom is -0.466 e. The number of hydrogen-bond donors (Lipinski definition) is 0. The summed E-state index contributed by atoms with van der Waals surface area (Å²) >= 11 is 12.5. The van der Waals surface area contributed by atoms with Crippen LogP contribution in [0.4, 0.5) is 0 Å². The van der Waals surface area contributed by atoms with Crippen LogP contribution in [0.25, 0.3) is 0 Å². The molecule has 0 N–H and O–H groups in total. The molecule has 0 unspecified atom stereocenters. The quantitative estimate of drug-likeness (QED) is 0.581. The van der Waals surface area contributed by atoms with E-state index in [1.807, 2.05) is 19.1 Å². The highest BCUT2D eigenvalue weighted by atomic mass is 35.5. The van der Waals surface area contributed by atoms with Crippen molar-refractivity contribution in [2.75, 3.05) is 19.7 Å². The van der Waals surface area contributed by atoms with Crippen molar-refractivity contribution in [3.05, 3.63) is 69.8 Å². The molecule has 1 aliphatic carbocycles. The van der Waals surface area contributed by atoms with Crippen LogP contribution in [0.15, 0.2) is 54.2 Å². The number of ether oxygens (including phenoxy) is 1. The fraction of sp³-hybridized carbons (Fsp3) is 0.350. The molecule has 0 heterocycles. The average molecular weight is 380 g/mol. The Morgan fingerprint density at radius 2 is 2.08 bits per heavy atom. The first-order valence-corrected chi connectivity index (χ1v) is 9.19. The van der Waals surface area contributed by atoms with Gasteiger partial charge in [-0.2, -0.15) is 0 Å². The van der Waals surface area contributed by atoms with Crippen LogP contribution in [-0.2, 0) is 16.1 Å². The molecule has 2 rings (SSSR count). The highest BCUT2D eigenvalue weighted by molar-refractivity contribution is 6.42. The minimum absolute atomic E-state index is 0.185. The van der Waals surface area contributed by atoms with Crippen LogP contribution in [0.2, 0.25) is 10.0 Å². The second-order valence-corrected chi connectivity index (χ2v) is 6.57. The molecule has 1 aliphatic rings. The van der Waals surface area contributed by atoms with Crippen molar-refractivity contribution in [1.29, 1.82) is 0 Å². The average Bonchev–Trinajstić information content (AvgIpc) is 2.86. The molecular weight excluding hydrogens is 357 g/mol. The topological polar surface area (TPSA) is 29.5 Å². The molecule has 0 fully saturated rings. The third-order valence-electron chi connectivity index (χ3n) is 3.82. The lowest BCUT2D eigenvalue weighted by atomic mass is 10.1. The van der Waals surface area contributed by atoms with E-state index in [4.69, 9.17) is 27.9 Å². The predicted molar refractivity (Wildman–Crippen MR) is 104 cm³/mol. The molecule has 0 amide bonds. The standard InChI is InChI=1S/C20H23Cl2NO2/c1-2-25-19(24)12-13-23(14-16-8-5-3-4-6-9-16)15-17-10-7-11-18(21)20(17)22/h3,5-11H,2,4,12-15H2,1H3. The molecule has 0 atom stereocenters. The van der Waals surface area contributed by atoms with Crippen molar-refractivity contribution in [1.82, 2.24) is 4.90 Å². The highest BCUT2D eigenvalue weighted by Gasteiger charge is 2.14. The maximum atomic E-state index is 11.7. The minimum atomic E-state index is -0.185. The molecule has 5 heteroatoms. The van der Waals surface area contributed by atoms with E-state index < -0.39 is 0 Å². The summed E-state index contributed by atoms with van der Waals surface area (Å²) in [4.78, 5) is 13.9. The molecule has 25 heavy (non-hydrogen) atoms. The van der Waals surface area contributed by atoms with E-state index in [2.05, 4.69) is 35.3 Å². The van der Waals surface area contributed by atoms with Crippen LogP contribution in [-0.4, -0.2) is 30.6 Å². The first-order chi connectivity index (χ1) is 12.1. The summed E-state index contributed by atoms with van der Waals surface area (Å²) in [5, 5.41) is 1.11. The predicted octanol–water partition coefficient (Wildman–Crippen LogP) is 5.19. The monoisotopic (exact) mass is 379 g/mol. The molecule has 1 aromatic rings. The molecule has 0 radical (unpaired) electrons. The SMILES string of the molecule is CCOC(=O)CCN(CC1=CC=CCC=C1)Cc1cccc(Cl)c1Cl. The number of carbonyl (C=O) groups excluding carboxylic acids is 1. The van der Waals surface area contributed by atoms with Gasteiger partial charge in [-0.1, -0.05) is 65.7 Å². The maximum absolute atomic E-state index is 11.7. The van der Waals surface area contributed by atoms with Gasteiger partial charge in [0.15, 0.2) is 0 Å². The van der Waals surface area contributed by atoms with E-state index in [-0.39, 0.29) is 5.97 Å². The van der Waals surface area contributed by atoms with Crippen molar-refractivity contribution in [3.8, 4) is 0 Å². The van der Waals surface area contributed by atoms with Crippen LogP contribution < -0.4 is 0 Å². The number of hydrogen-bond acceptors (Lipinski definition) is 3. The Morgan fingerprint density at radius 3 is 2.88 bits per heavy atom. The Morgan fingerprint density at radius 1 is 1.24 bits per heavy atom. The normalized spacial score (nSPS) is 13.7. The molecule has 3 nitrogen and oxygen atoms in total. The van der Waals surface area contributed by atoms with E-state index in [0.29, 0.717) is 36.2 Å². The van der Waals surface area contributed by atoms with Gasteiger partial charge < -0.3 is 4.74 Å². The van der Waals surface area contributed by atoms with E-state index >= 15 is 0 Å². The Balaban J connectivity index is 2.10. The van der Waals surface area contributed by atoms with Gasteiger partial charge in [-0.25, -0.2) is 0 Å². The molecular formula is C20H23Cl2NO2. The number of rotatable bonds is 8. The molecule has 0 aromatic heterocycles. The Labute approximate surface area is 159 Å². The zero-order valence-electron chi connectivity index (χ0n) is 14.4. The van der Waals surface area contributed by atoms with Crippen LogP contribution in [0.5, 0.6) is 0 Å². The Hall–Kier alpha value is -1.55. The van der Waals surface area contributed by atoms with Gasteiger partial charge >= 0.3 is 5.97 Å². The molecule has 0 aliphatic heterocycles. The van der Waals surface area contributed by atoms with Gasteiger partial charge in [-0.3, -0.25) is 9.69 Å². The first-order valence-electron chi connectivity index (χ1n) is 8.43. The smallest absolute Gasteiger partial charge is 0.307 e. The van der Waals surface area contributed by atoms with Gasteiger partial charge in [-0.15, -0.1) is 0 Å². The molecule has 0 bridgehead atoms. The van der Waals surface area contributed by atoms with Crippen LogP contribution in [0.1, 0.15) is 25.3 Å². The number of allylic oxidation sites excluding steroid dienone is 4. The second kappa shape index (κ2) is 10.4. The van der Waals surface area contributed by atoms with Crippen LogP contribution >= 0.6 is 23.2 Å². The zero-order chi connectivity index (χ0) is 18.1. The molecule has 1 aromatic carbocycles. The summed E-state index contributed by atoms with van der Waals surface area (Å²) in [6.45, 7) is 4.15. The molecule has 0 spiro atoms. The van der Waals surface area contributed by atoms with Crippen molar-refractivity contribution in [3.63, 3.8) is 0 Å². The van der Waals surface area contributed by atoms with Gasteiger partial charge in [0.1, 0.15) is 0 Å². The van der Waals surface area contributed by atoms with Crippen molar-refractivity contribution >= 4 is 29.2 Å². The second-order valence-electron chi connectivity index (χ2n) is 5.79. The lowest BCUT2D eigenvalue weighted by molar-refractivity contribution is -0.143. The summed E-state index contributed by atoms with van der Waals surface area (Å²) in [7, 11) is 0. The largest absolute Gasteiger partial charge is 0.466 e. The summed E-state index contributed by atoms with van der Waals surface area (Å²) < 4.78 is 5.04. The van der Waals surface area contributed by atoms with Gasteiger partial charge in [0.25, 0.3) is 0 Å². The number of benzene rings is 1. The lowest BCUT2D eigenvalue weighted by Gasteiger charge is -2.23. The van der Waals surface area contributed by atoms with E-state index in [0.717, 1.165) is 18.5 Å². The van der Waals surface area contributed by atoms with Crippen molar-refractivity contribution < 1.29 is 9.53 Å². The fourth-order valence-electron chi connectivity index (χ4n) is 2.60. The van der Waals surface area contributed by atoms with Gasteiger partial charge in [-0.05, 0) is 30.5 Å². The third-order valence-corrected chi connectivity index (χ3v) is 4.68.